The third kappa shape index (κ3) is 5.14. The lowest BCUT2D eigenvalue weighted by Crippen LogP contribution is -1.84. The molecule has 2 heterocycles. The summed E-state index contributed by atoms with van der Waals surface area (Å²) in [7, 11) is 0. The van der Waals surface area contributed by atoms with Gasteiger partial charge >= 0.3 is 0 Å². The van der Waals surface area contributed by atoms with Crippen LogP contribution in [0.25, 0.3) is 118 Å². The third-order valence-electron chi connectivity index (χ3n) is 12.7. The Bertz CT molecular complexity index is 3460. The zero-order valence-electron chi connectivity index (χ0n) is 32.0. The fourth-order valence-electron chi connectivity index (χ4n) is 9.77. The first-order valence-corrected chi connectivity index (χ1v) is 22.0. The minimum absolute atomic E-state index is 0.968. The number of hydrogen-bond donors (Lipinski definition) is 0. The van der Waals surface area contributed by atoms with Crippen LogP contribution >= 0.6 is 22.7 Å². The Labute approximate surface area is 349 Å². The van der Waals surface area contributed by atoms with Crippen LogP contribution in [0.1, 0.15) is 11.1 Å². The first-order chi connectivity index (χ1) is 29.2. The molecule has 0 nitrogen and oxygen atoms in total. The molecule has 0 radical (unpaired) electrons. The molecule has 0 aliphatic heterocycles. The predicted octanol–water partition coefficient (Wildman–Crippen LogP) is 17.0. The highest BCUT2D eigenvalue weighted by Gasteiger charge is 2.22. The SMILES string of the molecule is c1ccc2cc(-c3cccc4c3sc3c(-c5ccc6c(c5)-c5cc(-c7cccc8c7sc7c(-c9ccc%10ccccc%10c9)cccc78)ccc5C6)cccc34)ccc2c1. The second-order valence-corrected chi connectivity index (χ2v) is 18.0. The Morgan fingerprint density at radius 3 is 0.983 bits per heavy atom. The quantitative estimate of drug-likeness (QED) is 0.167. The van der Waals surface area contributed by atoms with Gasteiger partial charge in [0, 0.05) is 40.3 Å². The van der Waals surface area contributed by atoms with Crippen LogP contribution < -0.4 is 0 Å². The molecular weight excluding hydrogens is 749 g/mol. The lowest BCUT2D eigenvalue weighted by Gasteiger charge is -2.10. The van der Waals surface area contributed by atoms with Crippen molar-refractivity contribution in [2.75, 3.05) is 0 Å². The van der Waals surface area contributed by atoms with Crippen LogP contribution in [0.4, 0.5) is 0 Å². The molecule has 0 amide bonds. The van der Waals surface area contributed by atoms with Crippen molar-refractivity contribution < 1.29 is 0 Å². The Morgan fingerprint density at radius 2 is 0.593 bits per heavy atom. The summed E-state index contributed by atoms with van der Waals surface area (Å²) >= 11 is 3.86. The Kier molecular flexibility index (Phi) is 7.21. The van der Waals surface area contributed by atoms with Gasteiger partial charge in [-0.2, -0.15) is 0 Å². The average Bonchev–Trinajstić information content (AvgIpc) is 3.99. The summed E-state index contributed by atoms with van der Waals surface area (Å²) < 4.78 is 5.40. The van der Waals surface area contributed by atoms with Crippen molar-refractivity contribution in [1.29, 1.82) is 0 Å². The van der Waals surface area contributed by atoms with Gasteiger partial charge in [0.1, 0.15) is 0 Å². The molecule has 59 heavy (non-hydrogen) atoms. The minimum Gasteiger partial charge on any atom is -0.134 e. The molecule has 12 aromatic rings. The van der Waals surface area contributed by atoms with Crippen molar-refractivity contribution in [3.63, 3.8) is 0 Å². The van der Waals surface area contributed by atoms with E-state index in [1.807, 2.05) is 22.7 Å². The third-order valence-corrected chi connectivity index (χ3v) is 15.3. The zero-order valence-corrected chi connectivity index (χ0v) is 33.6. The summed E-state index contributed by atoms with van der Waals surface area (Å²) in [6.45, 7) is 0. The van der Waals surface area contributed by atoms with Gasteiger partial charge in [-0.3, -0.25) is 0 Å². The predicted molar refractivity (Wildman–Crippen MR) is 257 cm³/mol. The second kappa shape index (κ2) is 12.8. The van der Waals surface area contributed by atoms with Crippen LogP contribution in [0.3, 0.4) is 0 Å². The van der Waals surface area contributed by atoms with Crippen LogP contribution in [0, 0.1) is 0 Å². The molecule has 10 aromatic carbocycles. The van der Waals surface area contributed by atoms with Crippen LogP contribution in [-0.2, 0) is 6.42 Å². The number of rotatable bonds is 4. The monoisotopic (exact) mass is 782 g/mol. The maximum absolute atomic E-state index is 2.46. The molecule has 0 bridgehead atoms. The van der Waals surface area contributed by atoms with E-state index in [2.05, 4.69) is 194 Å². The molecule has 0 unspecified atom stereocenters. The van der Waals surface area contributed by atoms with Crippen molar-refractivity contribution in [2.45, 2.75) is 6.42 Å². The molecule has 13 rings (SSSR count). The average molecular weight is 783 g/mol. The summed E-state index contributed by atoms with van der Waals surface area (Å²) in [5.41, 5.74) is 15.8. The van der Waals surface area contributed by atoms with Crippen molar-refractivity contribution in [3.05, 3.63) is 205 Å². The van der Waals surface area contributed by atoms with Crippen molar-refractivity contribution in [1.82, 2.24) is 0 Å². The van der Waals surface area contributed by atoms with Crippen molar-refractivity contribution >= 4 is 84.6 Å². The molecule has 0 atom stereocenters. The van der Waals surface area contributed by atoms with E-state index in [0.717, 1.165) is 6.42 Å². The van der Waals surface area contributed by atoms with Crippen LogP contribution in [0.2, 0.25) is 0 Å². The normalized spacial score (nSPS) is 12.3. The molecule has 0 N–H and O–H groups in total. The number of hydrogen-bond acceptors (Lipinski definition) is 2. The van der Waals surface area contributed by atoms with E-state index in [1.54, 1.807) is 0 Å². The molecule has 2 heteroatoms. The van der Waals surface area contributed by atoms with Gasteiger partial charge in [-0.25, -0.2) is 0 Å². The van der Waals surface area contributed by atoms with Crippen molar-refractivity contribution in [3.8, 4) is 55.6 Å². The minimum atomic E-state index is 0.968. The van der Waals surface area contributed by atoms with E-state index >= 15 is 0 Å². The van der Waals surface area contributed by atoms with Gasteiger partial charge in [-0.05, 0) is 119 Å². The lowest BCUT2D eigenvalue weighted by atomic mass is 9.95. The highest BCUT2D eigenvalue weighted by molar-refractivity contribution is 7.27. The van der Waals surface area contributed by atoms with Crippen LogP contribution in [0.15, 0.2) is 194 Å². The van der Waals surface area contributed by atoms with Gasteiger partial charge in [-0.15, -0.1) is 22.7 Å². The Morgan fingerprint density at radius 1 is 0.254 bits per heavy atom. The van der Waals surface area contributed by atoms with Gasteiger partial charge < -0.3 is 0 Å². The smallest absolute Gasteiger partial charge is 0.0434 e. The summed E-state index contributed by atoms with van der Waals surface area (Å²) in [5.74, 6) is 0. The number of fused-ring (bicyclic) bond motifs is 11. The lowest BCUT2D eigenvalue weighted by molar-refractivity contribution is 1.26. The fraction of sp³-hybridized carbons (Fsp3) is 0.0175. The Hall–Kier alpha value is -6.84. The van der Waals surface area contributed by atoms with Gasteiger partial charge in [-0.1, -0.05) is 170 Å². The van der Waals surface area contributed by atoms with E-state index in [1.165, 1.54) is 129 Å². The summed E-state index contributed by atoms with van der Waals surface area (Å²) in [5, 5.41) is 10.4. The van der Waals surface area contributed by atoms with E-state index in [0.29, 0.717) is 0 Å². The first-order valence-electron chi connectivity index (χ1n) is 20.4. The van der Waals surface area contributed by atoms with Gasteiger partial charge in [0.25, 0.3) is 0 Å². The van der Waals surface area contributed by atoms with E-state index in [9.17, 15) is 0 Å². The number of benzene rings is 10. The van der Waals surface area contributed by atoms with Crippen LogP contribution in [-0.4, -0.2) is 0 Å². The maximum Gasteiger partial charge on any atom is 0.0434 e. The van der Waals surface area contributed by atoms with E-state index in [-0.39, 0.29) is 0 Å². The topological polar surface area (TPSA) is 0 Å². The number of thiophene rings is 2. The van der Waals surface area contributed by atoms with Gasteiger partial charge in [0.05, 0.1) is 0 Å². The highest BCUT2D eigenvalue weighted by Crippen LogP contribution is 2.48. The molecular formula is C57H34S2. The Balaban J connectivity index is 0.914. The summed E-state index contributed by atoms with van der Waals surface area (Å²) in [6, 6.07) is 72.7. The van der Waals surface area contributed by atoms with Gasteiger partial charge in [0.2, 0.25) is 0 Å². The molecule has 0 saturated carbocycles. The highest BCUT2D eigenvalue weighted by atomic mass is 32.1. The molecule has 1 aliphatic rings. The molecule has 274 valence electrons. The molecule has 1 aliphatic carbocycles. The van der Waals surface area contributed by atoms with E-state index in [4.69, 9.17) is 0 Å². The van der Waals surface area contributed by atoms with Crippen LogP contribution in [0.5, 0.6) is 0 Å². The van der Waals surface area contributed by atoms with E-state index < -0.39 is 0 Å². The van der Waals surface area contributed by atoms with Gasteiger partial charge in [0.15, 0.2) is 0 Å². The maximum atomic E-state index is 2.46. The largest absolute Gasteiger partial charge is 0.134 e. The zero-order chi connectivity index (χ0) is 38.6. The molecule has 0 fully saturated rings. The molecule has 0 saturated heterocycles. The molecule has 0 spiro atoms. The first kappa shape index (κ1) is 33.2. The van der Waals surface area contributed by atoms with Crippen molar-refractivity contribution in [2.24, 2.45) is 0 Å². The molecule has 2 aromatic heterocycles. The fourth-order valence-corrected chi connectivity index (χ4v) is 12.5. The standard InChI is InChI=1S/C57H34S2/c1-3-11-36-29-38(23-21-34(36)9-1)44-13-5-17-48-50-19-7-15-46(56(50)58-54(44)48)42-27-25-40-31-41-26-28-43(33-53(41)52(40)32-42)47-16-8-20-51-49-18-6-14-45(55(49)59-57(47)51)39-24-22-35-10-2-4-12-37(35)30-39/h1-30,32-33H,31H2. The second-order valence-electron chi connectivity index (χ2n) is 16.0. The summed E-state index contributed by atoms with van der Waals surface area (Å²) in [6.07, 6.45) is 0.968. The summed E-state index contributed by atoms with van der Waals surface area (Å²) in [4.78, 5) is 0.